The average molecular weight is 684 g/mol. The molecule has 46 heavy (non-hydrogen) atoms. The van der Waals surface area contributed by atoms with Crippen LogP contribution in [0, 0.1) is 0 Å². The second kappa shape index (κ2) is 12.4. The molecule has 3 aromatic rings. The minimum atomic E-state index is -5.02. The summed E-state index contributed by atoms with van der Waals surface area (Å²) < 4.78 is 44.9. The number of hydrogen-bond acceptors (Lipinski definition) is 14. The highest BCUT2D eigenvalue weighted by Gasteiger charge is 2.58. The zero-order valence-corrected chi connectivity index (χ0v) is 26.2. The van der Waals surface area contributed by atoms with Gasteiger partial charge in [-0.2, -0.15) is 18.2 Å². The molecule has 5 rings (SSSR count). The number of nitrogen functional groups attached to an aromatic ring is 1. The first-order valence-electron chi connectivity index (χ1n) is 13.6. The molecule has 0 bridgehead atoms. The number of carbonyl (C=O) groups is 3. The number of aliphatic hydroxyl groups is 1. The lowest BCUT2D eigenvalue weighted by Gasteiger charge is -2.50. The SMILES string of the molecule is Cn1c2ccc(OC[C@H](O/N=C(\C(=O)N[C@@H]3C(=O)N(OS(=O)(=O)O)C3(C)C)c3csc(N)n3)C(=O)O)cc2c[n+]1[C@@H]1CNC[C@@H]1O. The Balaban J connectivity index is 1.30. The number of nitrogens with two attached hydrogens (primary N) is 1. The number of ether oxygens (including phenoxy) is 1. The minimum absolute atomic E-state index is 0.0534. The monoisotopic (exact) mass is 683 g/mol. The van der Waals surface area contributed by atoms with Crippen LogP contribution in [0.2, 0.25) is 0 Å². The highest BCUT2D eigenvalue weighted by molar-refractivity contribution is 7.80. The molecule has 2 aromatic heterocycles. The van der Waals surface area contributed by atoms with Crippen LogP contribution in [-0.2, 0) is 41.0 Å². The van der Waals surface area contributed by atoms with Crippen molar-refractivity contribution in [3.05, 3.63) is 35.5 Å². The molecule has 0 radical (unpaired) electrons. The summed E-state index contributed by atoms with van der Waals surface area (Å²) >= 11 is 0.954. The van der Waals surface area contributed by atoms with E-state index in [1.807, 2.05) is 22.6 Å². The Bertz CT molecular complexity index is 1820. The van der Waals surface area contributed by atoms with Gasteiger partial charge >= 0.3 is 16.4 Å². The van der Waals surface area contributed by atoms with Crippen molar-refractivity contribution in [1.82, 2.24) is 25.4 Å². The van der Waals surface area contributed by atoms with E-state index in [1.165, 1.54) is 19.2 Å². The lowest BCUT2D eigenvalue weighted by molar-refractivity contribution is -0.795. The van der Waals surface area contributed by atoms with Gasteiger partial charge in [0.05, 0.1) is 24.5 Å². The van der Waals surface area contributed by atoms with Crippen molar-refractivity contribution in [2.45, 2.75) is 43.7 Å². The van der Waals surface area contributed by atoms with Crippen LogP contribution in [0.5, 0.6) is 5.75 Å². The number of hydrogen-bond donors (Lipinski definition) is 6. The van der Waals surface area contributed by atoms with Gasteiger partial charge in [-0.05, 0) is 32.0 Å². The van der Waals surface area contributed by atoms with Gasteiger partial charge < -0.3 is 36.2 Å². The standard InChI is InChI=1S/C25H30N8O11S2/c1-25(2)20(22(36)33(25)44-46(39,40)41)29-21(35)19(14-11-45-24(26)28-14)30-43-18(23(37)38)10-42-13-4-5-15-12(6-13)9-32(31(15)3)16-7-27-8-17(16)34/h4-6,9,11,16-18,20,27,34H,7-8,10H2,1-3H3,(H4-,26,28,29,35,37,38,39,40,41)/p+1/b30-19-/t16-,17+,18+,20-/m1/s1. The first-order valence-corrected chi connectivity index (χ1v) is 15.8. The summed E-state index contributed by atoms with van der Waals surface area (Å²) in [6.07, 6.45) is -0.402. The number of nitrogens with zero attached hydrogens (tertiary/aromatic N) is 5. The summed E-state index contributed by atoms with van der Waals surface area (Å²) in [6.45, 7) is 3.27. The number of aryl methyl sites for hydroxylation is 1. The number of aliphatic hydroxyl groups excluding tert-OH is 1. The van der Waals surface area contributed by atoms with Crippen molar-refractivity contribution in [1.29, 1.82) is 0 Å². The fraction of sp³-hybridized carbons (Fsp3) is 0.440. The van der Waals surface area contributed by atoms with Gasteiger partial charge in [-0.3, -0.25) is 14.1 Å². The van der Waals surface area contributed by atoms with Gasteiger partial charge in [0.2, 0.25) is 12.2 Å². The second-order valence-corrected chi connectivity index (χ2v) is 12.9. The summed E-state index contributed by atoms with van der Waals surface area (Å²) in [5.74, 6) is -3.17. The van der Waals surface area contributed by atoms with Crippen LogP contribution in [0.4, 0.5) is 5.13 Å². The Morgan fingerprint density at radius 3 is 2.67 bits per heavy atom. The molecule has 2 aliphatic heterocycles. The number of thiazole rings is 1. The number of carboxylic acids is 1. The highest BCUT2D eigenvalue weighted by Crippen LogP contribution is 2.33. The van der Waals surface area contributed by atoms with Crippen molar-refractivity contribution in [2.75, 3.05) is 25.4 Å². The molecule has 21 heteroatoms. The lowest BCUT2D eigenvalue weighted by atomic mass is 9.84. The summed E-state index contributed by atoms with van der Waals surface area (Å²) in [4.78, 5) is 46.9. The number of nitrogens with one attached hydrogen (secondary N) is 2. The lowest BCUT2D eigenvalue weighted by Crippen LogP contribution is -2.76. The van der Waals surface area contributed by atoms with Crippen molar-refractivity contribution >= 4 is 61.3 Å². The molecule has 0 unspecified atom stereocenters. The highest BCUT2D eigenvalue weighted by atomic mass is 32.3. The molecule has 2 fully saturated rings. The van der Waals surface area contributed by atoms with Crippen LogP contribution >= 0.6 is 11.3 Å². The maximum absolute atomic E-state index is 13.2. The number of β-amino-alcohol motifs (C(OH)–C–C–N with tert-alkyl or cyclic N) is 1. The molecule has 4 heterocycles. The minimum Gasteiger partial charge on any atom is -0.489 e. The van der Waals surface area contributed by atoms with Crippen LogP contribution in [0.15, 0.2) is 34.9 Å². The summed E-state index contributed by atoms with van der Waals surface area (Å²) in [7, 11) is -3.16. The number of aromatic nitrogens is 3. The van der Waals surface area contributed by atoms with E-state index < -0.39 is 64.3 Å². The predicted octanol–water partition coefficient (Wildman–Crippen LogP) is -1.90. The van der Waals surface area contributed by atoms with E-state index in [2.05, 4.69) is 25.1 Å². The topological polar surface area (TPSA) is 261 Å². The van der Waals surface area contributed by atoms with Gasteiger partial charge in [0.1, 0.15) is 35.7 Å². The van der Waals surface area contributed by atoms with E-state index in [9.17, 15) is 33.0 Å². The molecule has 0 aliphatic carbocycles. The van der Waals surface area contributed by atoms with Gasteiger partial charge in [0.15, 0.2) is 10.8 Å². The number of aliphatic carboxylic acids is 1. The number of carbonyl (C=O) groups excluding carboxylic acids is 2. The number of rotatable bonds is 12. The number of fused-ring (bicyclic) bond motifs is 1. The zero-order valence-electron chi connectivity index (χ0n) is 24.6. The van der Waals surface area contributed by atoms with Gasteiger partial charge in [-0.25, -0.2) is 9.78 Å². The van der Waals surface area contributed by atoms with E-state index in [0.717, 1.165) is 22.2 Å². The molecule has 0 spiro atoms. The quantitative estimate of drug-likeness (QED) is 0.0401. The van der Waals surface area contributed by atoms with Crippen LogP contribution in [0.1, 0.15) is 25.6 Å². The smallest absolute Gasteiger partial charge is 0.418 e. The van der Waals surface area contributed by atoms with Crippen molar-refractivity contribution in [3.63, 3.8) is 0 Å². The number of β-lactam (4-membered cyclic amide) rings is 1. The van der Waals surface area contributed by atoms with Gasteiger partial charge in [-0.15, -0.1) is 20.3 Å². The molecule has 0 saturated carbocycles. The fourth-order valence-corrected chi connectivity index (χ4v) is 6.07. The van der Waals surface area contributed by atoms with Crippen LogP contribution in [0.25, 0.3) is 10.9 Å². The predicted molar refractivity (Wildman–Crippen MR) is 158 cm³/mol. The molecule has 4 atom stereocenters. The van der Waals surface area contributed by atoms with Crippen LogP contribution in [-0.4, -0.2) is 105 Å². The van der Waals surface area contributed by atoms with Gasteiger partial charge in [-0.1, -0.05) is 5.16 Å². The zero-order chi connectivity index (χ0) is 33.6. The van der Waals surface area contributed by atoms with Crippen LogP contribution in [0.3, 0.4) is 0 Å². The number of anilines is 1. The first kappa shape index (κ1) is 33.0. The number of benzene rings is 1. The Morgan fingerprint density at radius 2 is 2.09 bits per heavy atom. The fourth-order valence-electron chi connectivity index (χ4n) is 5.07. The second-order valence-electron chi connectivity index (χ2n) is 11.0. The number of oxime groups is 1. The Labute approximate surface area is 265 Å². The van der Waals surface area contributed by atoms with Crippen molar-refractivity contribution in [3.8, 4) is 5.75 Å². The Kier molecular flexibility index (Phi) is 8.90. The molecular weight excluding hydrogens is 652 g/mol. The third-order valence-electron chi connectivity index (χ3n) is 7.51. The van der Waals surface area contributed by atoms with Gasteiger partial charge in [0.25, 0.3) is 17.9 Å². The maximum atomic E-state index is 13.2. The average Bonchev–Trinajstić information content (AvgIpc) is 3.69. The molecule has 248 valence electrons. The molecule has 19 nitrogen and oxygen atoms in total. The van der Waals surface area contributed by atoms with E-state index in [1.54, 1.807) is 18.2 Å². The summed E-state index contributed by atoms with van der Waals surface area (Å²) in [5, 5.41) is 31.9. The summed E-state index contributed by atoms with van der Waals surface area (Å²) in [5.41, 5.74) is 4.49. The first-order chi connectivity index (χ1) is 21.6. The van der Waals surface area contributed by atoms with E-state index in [4.69, 9.17) is 19.9 Å². The number of amides is 2. The molecule has 2 aliphatic rings. The Morgan fingerprint density at radius 1 is 1.35 bits per heavy atom. The molecule has 2 saturated heterocycles. The third-order valence-corrected chi connectivity index (χ3v) is 8.52. The molecule has 2 amide bonds. The van der Waals surface area contributed by atoms with Crippen molar-refractivity contribution < 1.29 is 56.1 Å². The Hall–Kier alpha value is -4.41. The van der Waals surface area contributed by atoms with Crippen LogP contribution < -0.4 is 25.8 Å². The summed E-state index contributed by atoms with van der Waals surface area (Å²) in [6, 6.07) is 3.63. The normalized spacial score (nSPS) is 22.0. The molecule has 7 N–H and O–H groups in total. The van der Waals surface area contributed by atoms with E-state index in [-0.39, 0.29) is 16.9 Å². The number of hydroxylamine groups is 2. The molecular formula is C25H31N8O11S2+. The van der Waals surface area contributed by atoms with E-state index >= 15 is 0 Å². The van der Waals surface area contributed by atoms with Gasteiger partial charge in [0, 0.05) is 11.9 Å². The maximum Gasteiger partial charge on any atom is 0.418 e. The van der Waals surface area contributed by atoms with Crippen molar-refractivity contribution in [2.24, 2.45) is 12.2 Å². The third kappa shape index (κ3) is 6.59. The largest absolute Gasteiger partial charge is 0.489 e. The van der Waals surface area contributed by atoms with E-state index in [0.29, 0.717) is 23.9 Å². The molecule has 1 aromatic carbocycles. The number of carboxylic acid groups (broad SMARTS) is 1.